The Hall–Kier alpha value is -3.02. The lowest BCUT2D eigenvalue weighted by molar-refractivity contribution is 0.0672. The summed E-state index contributed by atoms with van der Waals surface area (Å²) in [6.07, 6.45) is 3.08. The summed E-state index contributed by atoms with van der Waals surface area (Å²) in [6.45, 7) is 0.787. The first-order valence-electron chi connectivity index (χ1n) is 8.83. The maximum absolute atomic E-state index is 12.6. The molecule has 1 saturated heterocycles. The highest BCUT2D eigenvalue weighted by molar-refractivity contribution is 6.05. The van der Waals surface area contributed by atoms with Crippen molar-refractivity contribution in [2.24, 2.45) is 0 Å². The molecule has 4 rings (SSSR count). The first-order valence-corrected chi connectivity index (χ1v) is 8.83. The van der Waals surface area contributed by atoms with Gasteiger partial charge in [0, 0.05) is 29.0 Å². The third-order valence-electron chi connectivity index (χ3n) is 5.03. The Bertz CT molecular complexity index is 848. The lowest BCUT2D eigenvalue weighted by Gasteiger charge is -2.30. The van der Waals surface area contributed by atoms with Crippen LogP contribution in [0.3, 0.4) is 0 Å². The fourth-order valence-corrected chi connectivity index (χ4v) is 3.81. The van der Waals surface area contributed by atoms with E-state index < -0.39 is 0 Å². The number of hydrogen-bond donors (Lipinski definition) is 2. The Morgan fingerprint density at radius 2 is 1.92 bits per heavy atom. The van der Waals surface area contributed by atoms with E-state index in [2.05, 4.69) is 10.6 Å². The van der Waals surface area contributed by atoms with Crippen LogP contribution in [-0.4, -0.2) is 30.5 Å². The molecule has 1 fully saturated rings. The second kappa shape index (κ2) is 6.71. The molecule has 2 N–H and O–H groups in total. The summed E-state index contributed by atoms with van der Waals surface area (Å²) >= 11 is 0. The largest absolute Gasteiger partial charge is 0.497 e. The van der Waals surface area contributed by atoms with Crippen molar-refractivity contribution in [1.29, 1.82) is 0 Å². The number of hydrogen-bond acceptors (Lipinski definition) is 3. The van der Waals surface area contributed by atoms with Gasteiger partial charge in [0.05, 0.1) is 13.2 Å². The van der Waals surface area contributed by atoms with Crippen LogP contribution in [0.15, 0.2) is 42.5 Å². The van der Waals surface area contributed by atoms with Gasteiger partial charge in [0.1, 0.15) is 5.75 Å². The first-order chi connectivity index (χ1) is 12.7. The predicted octanol–water partition coefficient (Wildman–Crippen LogP) is 4.02. The summed E-state index contributed by atoms with van der Waals surface area (Å²) < 4.78 is 5.12. The Morgan fingerprint density at radius 1 is 1.12 bits per heavy atom. The fourth-order valence-electron chi connectivity index (χ4n) is 3.81. The molecule has 2 aliphatic rings. The molecule has 0 aliphatic carbocycles. The maximum Gasteiger partial charge on any atom is 0.323 e. The average molecular weight is 351 g/mol. The number of ether oxygens (including phenoxy) is 1. The number of fused-ring (bicyclic) bond motifs is 3. The highest BCUT2D eigenvalue weighted by Crippen LogP contribution is 2.43. The number of nitrogens with one attached hydrogen (secondary N) is 2. The van der Waals surface area contributed by atoms with Gasteiger partial charge >= 0.3 is 6.03 Å². The number of benzene rings is 2. The second-order valence-corrected chi connectivity index (χ2v) is 6.58. The van der Waals surface area contributed by atoms with Gasteiger partial charge in [0.25, 0.3) is 5.91 Å². The van der Waals surface area contributed by atoms with Gasteiger partial charge < -0.3 is 20.3 Å². The molecule has 0 radical (unpaired) electrons. The van der Waals surface area contributed by atoms with Crippen molar-refractivity contribution >= 4 is 23.3 Å². The number of rotatable bonds is 3. The Balaban J connectivity index is 1.54. The normalized spacial score (nSPS) is 18.1. The van der Waals surface area contributed by atoms with Gasteiger partial charge in [-0.3, -0.25) is 4.79 Å². The molecular formula is C20H21N3O3. The van der Waals surface area contributed by atoms with Crippen LogP contribution in [-0.2, 0) is 0 Å². The molecule has 2 aromatic carbocycles. The molecule has 0 bridgehead atoms. The number of carbonyl (C=O) groups is 2. The summed E-state index contributed by atoms with van der Waals surface area (Å²) in [4.78, 5) is 27.0. The zero-order valence-electron chi connectivity index (χ0n) is 14.6. The van der Waals surface area contributed by atoms with E-state index >= 15 is 0 Å². The molecule has 6 heteroatoms. The van der Waals surface area contributed by atoms with Gasteiger partial charge in [0.15, 0.2) is 0 Å². The summed E-state index contributed by atoms with van der Waals surface area (Å²) in [5.41, 5.74) is 3.03. The molecule has 6 nitrogen and oxygen atoms in total. The number of piperidine rings is 1. The molecule has 1 atom stereocenters. The zero-order chi connectivity index (χ0) is 18.1. The molecule has 0 aromatic heterocycles. The van der Waals surface area contributed by atoms with Crippen molar-refractivity contribution in [3.05, 3.63) is 53.6 Å². The molecule has 3 amide bonds. The minimum absolute atomic E-state index is 0.0729. The van der Waals surface area contributed by atoms with E-state index in [0.717, 1.165) is 37.1 Å². The standard InChI is InChI=1S/C20H21N3O3/c1-26-14-10-8-13(9-11-14)21-20(25)22-16-6-4-5-15-18(16)17-7-2-3-12-23(17)19(15)24/h4-6,8-11,17H,2-3,7,12H2,1H3,(H2,21,22,25). The van der Waals surface area contributed by atoms with Crippen molar-refractivity contribution in [3.63, 3.8) is 0 Å². The molecule has 2 aliphatic heterocycles. The third-order valence-corrected chi connectivity index (χ3v) is 5.03. The monoisotopic (exact) mass is 351 g/mol. The molecular weight excluding hydrogens is 330 g/mol. The number of amides is 3. The van der Waals surface area contributed by atoms with Crippen LogP contribution < -0.4 is 15.4 Å². The van der Waals surface area contributed by atoms with Crippen LogP contribution in [0.4, 0.5) is 16.2 Å². The molecule has 2 heterocycles. The van der Waals surface area contributed by atoms with Crippen molar-refractivity contribution in [1.82, 2.24) is 4.90 Å². The van der Waals surface area contributed by atoms with Crippen LogP contribution in [0.25, 0.3) is 0 Å². The fraction of sp³-hybridized carbons (Fsp3) is 0.300. The number of urea groups is 1. The number of nitrogens with zero attached hydrogens (tertiary/aromatic N) is 1. The second-order valence-electron chi connectivity index (χ2n) is 6.58. The molecule has 2 aromatic rings. The first kappa shape index (κ1) is 16.4. The van der Waals surface area contributed by atoms with Crippen LogP contribution in [0.5, 0.6) is 5.75 Å². The van der Waals surface area contributed by atoms with Crippen molar-refractivity contribution in [2.45, 2.75) is 25.3 Å². The van der Waals surface area contributed by atoms with Gasteiger partial charge in [0.2, 0.25) is 0 Å². The van der Waals surface area contributed by atoms with Crippen LogP contribution in [0.1, 0.15) is 41.2 Å². The average Bonchev–Trinajstić information content (AvgIpc) is 2.96. The molecule has 0 saturated carbocycles. The minimum atomic E-state index is -0.328. The number of carbonyl (C=O) groups excluding carboxylic acids is 2. The van der Waals surface area contributed by atoms with Gasteiger partial charge in [-0.1, -0.05) is 6.07 Å². The van der Waals surface area contributed by atoms with E-state index in [1.807, 2.05) is 23.1 Å². The predicted molar refractivity (Wildman–Crippen MR) is 99.7 cm³/mol. The summed E-state index contributed by atoms with van der Waals surface area (Å²) in [5.74, 6) is 0.802. The van der Waals surface area contributed by atoms with E-state index in [1.165, 1.54) is 0 Å². The topological polar surface area (TPSA) is 70.7 Å². The van der Waals surface area contributed by atoms with Crippen LogP contribution >= 0.6 is 0 Å². The third kappa shape index (κ3) is 2.87. The SMILES string of the molecule is COc1ccc(NC(=O)Nc2cccc3c2C2CCCCN2C3=O)cc1. The van der Waals surface area contributed by atoms with Crippen molar-refractivity contribution in [2.75, 3.05) is 24.3 Å². The van der Waals surface area contributed by atoms with Gasteiger partial charge in [-0.25, -0.2) is 4.79 Å². The maximum atomic E-state index is 12.6. The summed E-state index contributed by atoms with van der Waals surface area (Å²) in [5, 5.41) is 5.72. The van der Waals surface area contributed by atoms with Crippen LogP contribution in [0, 0.1) is 0 Å². The summed E-state index contributed by atoms with van der Waals surface area (Å²) in [7, 11) is 1.60. The van der Waals surface area contributed by atoms with Crippen LogP contribution in [0.2, 0.25) is 0 Å². The molecule has 134 valence electrons. The van der Waals surface area contributed by atoms with Gasteiger partial charge in [-0.15, -0.1) is 0 Å². The minimum Gasteiger partial charge on any atom is -0.497 e. The summed E-state index contributed by atoms with van der Waals surface area (Å²) in [6, 6.07) is 12.4. The Kier molecular flexibility index (Phi) is 4.24. The van der Waals surface area contributed by atoms with Crippen molar-refractivity contribution in [3.8, 4) is 5.75 Å². The van der Waals surface area contributed by atoms with Gasteiger partial charge in [-0.2, -0.15) is 0 Å². The number of methoxy groups -OCH3 is 1. The highest BCUT2D eigenvalue weighted by atomic mass is 16.5. The lowest BCUT2D eigenvalue weighted by atomic mass is 9.96. The zero-order valence-corrected chi connectivity index (χ0v) is 14.6. The molecule has 1 unspecified atom stereocenters. The quantitative estimate of drug-likeness (QED) is 0.877. The molecule has 26 heavy (non-hydrogen) atoms. The number of anilines is 2. The Morgan fingerprint density at radius 3 is 2.69 bits per heavy atom. The van der Waals surface area contributed by atoms with E-state index in [4.69, 9.17) is 4.74 Å². The lowest BCUT2D eigenvalue weighted by Crippen LogP contribution is -2.32. The van der Waals surface area contributed by atoms with E-state index in [-0.39, 0.29) is 18.0 Å². The smallest absolute Gasteiger partial charge is 0.323 e. The Labute approximate surface area is 152 Å². The molecule has 0 spiro atoms. The van der Waals surface area contributed by atoms with E-state index in [1.54, 1.807) is 31.4 Å². The van der Waals surface area contributed by atoms with Crippen molar-refractivity contribution < 1.29 is 14.3 Å². The highest BCUT2D eigenvalue weighted by Gasteiger charge is 2.39. The van der Waals surface area contributed by atoms with E-state index in [0.29, 0.717) is 16.9 Å². The van der Waals surface area contributed by atoms with Gasteiger partial charge in [-0.05, 0) is 55.7 Å². The van der Waals surface area contributed by atoms with E-state index in [9.17, 15) is 9.59 Å².